The molecule has 3 atom stereocenters. The quantitative estimate of drug-likeness (QED) is 0.895. The number of benzene rings is 1. The van der Waals surface area contributed by atoms with Gasteiger partial charge in [-0.05, 0) is 71.1 Å². The molecule has 0 bridgehead atoms. The Hall–Kier alpha value is -1.03. The van der Waals surface area contributed by atoms with Crippen molar-refractivity contribution in [2.45, 2.75) is 32.6 Å². The normalized spacial score (nSPS) is 26.2. The van der Waals surface area contributed by atoms with E-state index in [0.717, 1.165) is 35.9 Å². The smallest absolute Gasteiger partial charge is 0.306 e. The monoisotopic (exact) mass is 340 g/mol. The number of rotatable bonds is 4. The number of halogens is 1. The van der Waals surface area contributed by atoms with Crippen LogP contribution in [0.1, 0.15) is 31.7 Å². The predicted octanol–water partition coefficient (Wildman–Crippen LogP) is 4.14. The number of hydrogen-bond acceptors (Lipinski definition) is 2. The highest BCUT2D eigenvalue weighted by Crippen LogP contribution is 2.37. The molecule has 0 aromatic heterocycles. The van der Waals surface area contributed by atoms with Crippen LogP contribution in [0.3, 0.4) is 0 Å². The lowest BCUT2D eigenvalue weighted by atomic mass is 9.72. The summed E-state index contributed by atoms with van der Waals surface area (Å²) in [6, 6.07) is 6.00. The number of carboxylic acids is 1. The number of carbonyl (C=O) groups is 1. The minimum atomic E-state index is -0.644. The second kappa shape index (κ2) is 6.61. The Morgan fingerprint density at radius 2 is 2.20 bits per heavy atom. The molecule has 1 aromatic carbocycles. The van der Waals surface area contributed by atoms with Crippen LogP contribution in [0, 0.1) is 17.8 Å². The summed E-state index contributed by atoms with van der Waals surface area (Å²) in [4.78, 5) is 11.4. The summed E-state index contributed by atoms with van der Waals surface area (Å²) >= 11 is 3.49. The van der Waals surface area contributed by atoms with Gasteiger partial charge in [0.15, 0.2) is 0 Å². The van der Waals surface area contributed by atoms with E-state index in [2.05, 4.69) is 22.9 Å². The van der Waals surface area contributed by atoms with Crippen LogP contribution < -0.4 is 4.74 Å². The molecule has 1 aliphatic carbocycles. The van der Waals surface area contributed by atoms with Crippen LogP contribution in [0.15, 0.2) is 22.7 Å². The molecule has 0 aliphatic heterocycles. The first-order chi connectivity index (χ1) is 9.51. The predicted molar refractivity (Wildman–Crippen MR) is 82.0 cm³/mol. The van der Waals surface area contributed by atoms with Gasteiger partial charge < -0.3 is 9.84 Å². The zero-order chi connectivity index (χ0) is 14.7. The van der Waals surface area contributed by atoms with Gasteiger partial charge in [0.25, 0.3) is 0 Å². The topological polar surface area (TPSA) is 46.5 Å². The van der Waals surface area contributed by atoms with E-state index >= 15 is 0 Å². The van der Waals surface area contributed by atoms with Crippen molar-refractivity contribution in [1.29, 1.82) is 0 Å². The molecule has 1 fully saturated rings. The van der Waals surface area contributed by atoms with E-state index in [1.807, 2.05) is 18.2 Å². The average molecular weight is 341 g/mol. The number of aliphatic carboxylic acids is 1. The molecular formula is C16H21BrO3. The third kappa shape index (κ3) is 3.54. The summed E-state index contributed by atoms with van der Waals surface area (Å²) in [6.45, 7) is 2.22. The molecule has 20 heavy (non-hydrogen) atoms. The van der Waals surface area contributed by atoms with Gasteiger partial charge in [0.1, 0.15) is 5.75 Å². The minimum Gasteiger partial charge on any atom is -0.496 e. The maximum atomic E-state index is 11.4. The second-order valence-corrected chi connectivity index (χ2v) is 6.65. The van der Waals surface area contributed by atoms with Gasteiger partial charge in [-0.2, -0.15) is 0 Å². The van der Waals surface area contributed by atoms with Crippen molar-refractivity contribution in [3.05, 3.63) is 28.2 Å². The highest BCUT2D eigenvalue weighted by atomic mass is 79.9. The first kappa shape index (κ1) is 15.4. The van der Waals surface area contributed by atoms with Gasteiger partial charge in [-0.25, -0.2) is 0 Å². The van der Waals surface area contributed by atoms with E-state index in [0.29, 0.717) is 5.92 Å². The summed E-state index contributed by atoms with van der Waals surface area (Å²) < 4.78 is 6.15. The summed E-state index contributed by atoms with van der Waals surface area (Å²) in [5, 5.41) is 9.38. The van der Waals surface area contributed by atoms with Gasteiger partial charge in [-0.1, -0.05) is 13.0 Å². The highest BCUT2D eigenvalue weighted by molar-refractivity contribution is 9.10. The highest BCUT2D eigenvalue weighted by Gasteiger charge is 2.33. The molecule has 2 rings (SSSR count). The molecule has 1 aromatic rings. The van der Waals surface area contributed by atoms with Crippen molar-refractivity contribution in [3.63, 3.8) is 0 Å². The Morgan fingerprint density at radius 1 is 1.45 bits per heavy atom. The van der Waals surface area contributed by atoms with Crippen molar-refractivity contribution in [1.82, 2.24) is 0 Å². The fraction of sp³-hybridized carbons (Fsp3) is 0.562. The maximum absolute atomic E-state index is 11.4. The molecule has 0 spiro atoms. The van der Waals surface area contributed by atoms with E-state index in [4.69, 9.17) is 4.74 Å². The maximum Gasteiger partial charge on any atom is 0.306 e. The Balaban J connectivity index is 2.13. The van der Waals surface area contributed by atoms with Gasteiger partial charge in [0, 0.05) is 0 Å². The minimum absolute atomic E-state index is 0.202. The Bertz CT molecular complexity index is 487. The number of methoxy groups -OCH3 is 1. The largest absolute Gasteiger partial charge is 0.496 e. The van der Waals surface area contributed by atoms with Gasteiger partial charge in [0.05, 0.1) is 17.5 Å². The zero-order valence-corrected chi connectivity index (χ0v) is 13.5. The van der Waals surface area contributed by atoms with Gasteiger partial charge in [-0.15, -0.1) is 0 Å². The molecule has 0 amide bonds. The third-order valence-corrected chi connectivity index (χ3v) is 4.90. The van der Waals surface area contributed by atoms with Crippen LogP contribution >= 0.6 is 15.9 Å². The molecule has 1 saturated carbocycles. The van der Waals surface area contributed by atoms with Crippen LogP contribution in [0.5, 0.6) is 5.75 Å². The van der Waals surface area contributed by atoms with E-state index in [9.17, 15) is 9.90 Å². The SMILES string of the molecule is COc1ccc(CC2CC(C)CCC2C(=O)O)cc1Br. The Kier molecular flexibility index (Phi) is 5.08. The first-order valence-corrected chi connectivity index (χ1v) is 7.85. The summed E-state index contributed by atoms with van der Waals surface area (Å²) in [7, 11) is 1.64. The lowest BCUT2D eigenvalue weighted by Crippen LogP contribution is -2.31. The second-order valence-electron chi connectivity index (χ2n) is 5.80. The third-order valence-electron chi connectivity index (χ3n) is 4.28. The van der Waals surface area contributed by atoms with Crippen molar-refractivity contribution in [2.75, 3.05) is 7.11 Å². The average Bonchev–Trinajstić information content (AvgIpc) is 2.38. The summed E-state index contributed by atoms with van der Waals surface area (Å²) in [5.41, 5.74) is 1.17. The van der Waals surface area contributed by atoms with Crippen molar-refractivity contribution < 1.29 is 14.6 Å². The molecule has 0 saturated heterocycles. The molecule has 0 heterocycles. The Labute approximate surface area is 128 Å². The fourth-order valence-corrected chi connectivity index (χ4v) is 3.78. The molecule has 1 aliphatic rings. The van der Waals surface area contributed by atoms with Crippen LogP contribution in [0.4, 0.5) is 0 Å². The van der Waals surface area contributed by atoms with Gasteiger partial charge in [0.2, 0.25) is 0 Å². The standard InChI is InChI=1S/C16H21BrO3/c1-10-3-5-13(16(18)19)12(7-10)8-11-4-6-15(20-2)14(17)9-11/h4,6,9-10,12-13H,3,5,7-8H2,1-2H3,(H,18,19). The van der Waals surface area contributed by atoms with Gasteiger partial charge in [-0.3, -0.25) is 4.79 Å². The first-order valence-electron chi connectivity index (χ1n) is 7.06. The van der Waals surface area contributed by atoms with E-state index in [-0.39, 0.29) is 11.8 Å². The summed E-state index contributed by atoms with van der Waals surface area (Å²) in [5.74, 6) is 0.816. The zero-order valence-electron chi connectivity index (χ0n) is 11.9. The van der Waals surface area contributed by atoms with Crippen LogP contribution in [0.2, 0.25) is 0 Å². The molecule has 0 radical (unpaired) electrons. The van der Waals surface area contributed by atoms with Crippen molar-refractivity contribution >= 4 is 21.9 Å². The van der Waals surface area contributed by atoms with Gasteiger partial charge >= 0.3 is 5.97 Å². The van der Waals surface area contributed by atoms with Crippen molar-refractivity contribution in [2.24, 2.45) is 17.8 Å². The van der Waals surface area contributed by atoms with Crippen LogP contribution in [-0.4, -0.2) is 18.2 Å². The van der Waals surface area contributed by atoms with E-state index in [1.54, 1.807) is 7.11 Å². The number of carboxylic acid groups (broad SMARTS) is 1. The summed E-state index contributed by atoms with van der Waals surface area (Å²) in [6.07, 6.45) is 3.66. The molecule has 1 N–H and O–H groups in total. The Morgan fingerprint density at radius 3 is 2.80 bits per heavy atom. The lowest BCUT2D eigenvalue weighted by molar-refractivity contribution is -0.145. The molecule has 4 heteroatoms. The molecule has 110 valence electrons. The number of hydrogen-bond donors (Lipinski definition) is 1. The number of ether oxygens (including phenoxy) is 1. The fourth-order valence-electron chi connectivity index (χ4n) is 3.19. The molecule has 3 nitrogen and oxygen atoms in total. The van der Waals surface area contributed by atoms with Crippen LogP contribution in [-0.2, 0) is 11.2 Å². The van der Waals surface area contributed by atoms with E-state index in [1.165, 1.54) is 5.56 Å². The molecule has 3 unspecified atom stereocenters. The molecular weight excluding hydrogens is 320 g/mol. The lowest BCUT2D eigenvalue weighted by Gasteiger charge is -2.32. The van der Waals surface area contributed by atoms with Crippen LogP contribution in [0.25, 0.3) is 0 Å². The van der Waals surface area contributed by atoms with E-state index < -0.39 is 5.97 Å². The van der Waals surface area contributed by atoms with Crippen molar-refractivity contribution in [3.8, 4) is 5.75 Å².